The Morgan fingerprint density at radius 2 is 2.43 bits per heavy atom. The van der Waals surface area contributed by atoms with Gasteiger partial charge in [-0.05, 0) is 0 Å². The van der Waals surface area contributed by atoms with Crippen molar-refractivity contribution in [3.05, 3.63) is 12.3 Å². The fourth-order valence-corrected chi connectivity index (χ4v) is 2.02. The van der Waals surface area contributed by atoms with E-state index in [1.165, 1.54) is 0 Å². The normalized spacial score (nSPS) is 13.9. The van der Waals surface area contributed by atoms with Crippen LogP contribution in [0.15, 0.2) is 12.3 Å². The standard InChI is InChI=1S/C3H10O2Si2/c1-3-7(4-2)5-6/h3,7H,1H2,2,6H3. The van der Waals surface area contributed by atoms with Gasteiger partial charge in [-0.3, -0.25) is 0 Å². The van der Waals surface area contributed by atoms with Crippen LogP contribution in [0.2, 0.25) is 0 Å². The van der Waals surface area contributed by atoms with Crippen molar-refractivity contribution in [2.24, 2.45) is 0 Å². The van der Waals surface area contributed by atoms with E-state index in [0.717, 1.165) is 10.5 Å². The van der Waals surface area contributed by atoms with Crippen LogP contribution < -0.4 is 0 Å². The summed E-state index contributed by atoms with van der Waals surface area (Å²) >= 11 is 0. The van der Waals surface area contributed by atoms with E-state index < -0.39 is 9.28 Å². The third-order valence-corrected chi connectivity index (χ3v) is 3.37. The molecular weight excluding hydrogens is 124 g/mol. The van der Waals surface area contributed by atoms with Gasteiger partial charge < -0.3 is 8.54 Å². The summed E-state index contributed by atoms with van der Waals surface area (Å²) in [5, 5.41) is 0. The van der Waals surface area contributed by atoms with Crippen molar-refractivity contribution >= 4 is 19.8 Å². The lowest BCUT2D eigenvalue weighted by Crippen LogP contribution is -2.15. The van der Waals surface area contributed by atoms with E-state index in [1.807, 2.05) is 0 Å². The number of hydrogen-bond acceptors (Lipinski definition) is 2. The Morgan fingerprint density at radius 3 is 2.43 bits per heavy atom. The Kier molecular flexibility index (Phi) is 4.31. The minimum Gasteiger partial charge on any atom is -0.444 e. The smallest absolute Gasteiger partial charge is 0.336 e. The van der Waals surface area contributed by atoms with E-state index in [4.69, 9.17) is 8.54 Å². The average Bonchev–Trinajstić information content (AvgIpc) is 1.72. The number of rotatable bonds is 3. The van der Waals surface area contributed by atoms with E-state index in [-0.39, 0.29) is 0 Å². The van der Waals surface area contributed by atoms with Crippen molar-refractivity contribution in [1.82, 2.24) is 0 Å². The molecule has 0 N–H and O–H groups in total. The molecule has 0 heterocycles. The van der Waals surface area contributed by atoms with Gasteiger partial charge in [0.05, 0.1) is 0 Å². The first kappa shape index (κ1) is 7.09. The first-order valence-corrected chi connectivity index (χ1v) is 4.46. The van der Waals surface area contributed by atoms with Crippen LogP contribution >= 0.6 is 0 Å². The average molecular weight is 134 g/mol. The van der Waals surface area contributed by atoms with Gasteiger partial charge in [-0.1, -0.05) is 5.70 Å². The molecule has 0 saturated carbocycles. The van der Waals surface area contributed by atoms with Crippen LogP contribution in [0.3, 0.4) is 0 Å². The zero-order valence-electron chi connectivity index (χ0n) is 4.68. The molecule has 0 aromatic carbocycles. The molecule has 1 unspecified atom stereocenters. The van der Waals surface area contributed by atoms with Gasteiger partial charge in [0.25, 0.3) is 0 Å². The molecule has 0 saturated heterocycles. The van der Waals surface area contributed by atoms with Crippen LogP contribution in [-0.2, 0) is 8.54 Å². The Labute approximate surface area is 48.5 Å². The van der Waals surface area contributed by atoms with Gasteiger partial charge >= 0.3 is 9.28 Å². The Balaban J connectivity index is 3.16. The highest BCUT2D eigenvalue weighted by atomic mass is 28.3. The van der Waals surface area contributed by atoms with Crippen LogP contribution in [0.4, 0.5) is 0 Å². The van der Waals surface area contributed by atoms with Gasteiger partial charge in [0, 0.05) is 7.11 Å². The molecule has 0 aromatic rings. The summed E-state index contributed by atoms with van der Waals surface area (Å²) in [7, 11) is 1.06. The number of hydrogen-bond donors (Lipinski definition) is 0. The molecule has 2 nitrogen and oxygen atoms in total. The molecule has 0 aliphatic rings. The summed E-state index contributed by atoms with van der Waals surface area (Å²) in [6.07, 6.45) is 0. The van der Waals surface area contributed by atoms with Crippen molar-refractivity contribution in [1.29, 1.82) is 0 Å². The molecule has 4 heteroatoms. The molecule has 42 valence electrons. The SMILES string of the molecule is C=C[SiH](OC)O[SiH3]. The van der Waals surface area contributed by atoms with E-state index >= 15 is 0 Å². The quantitative estimate of drug-likeness (QED) is 0.455. The molecule has 0 bridgehead atoms. The zero-order valence-corrected chi connectivity index (χ0v) is 7.83. The second-order valence-electron chi connectivity index (χ2n) is 1.08. The maximum absolute atomic E-state index is 4.99. The van der Waals surface area contributed by atoms with E-state index in [0.29, 0.717) is 0 Å². The van der Waals surface area contributed by atoms with E-state index in [2.05, 4.69) is 6.58 Å². The molecule has 0 aliphatic carbocycles. The van der Waals surface area contributed by atoms with Gasteiger partial charge in [-0.2, -0.15) is 0 Å². The lowest BCUT2D eigenvalue weighted by Gasteiger charge is -2.02. The van der Waals surface area contributed by atoms with Gasteiger partial charge in [-0.15, -0.1) is 6.58 Å². The molecule has 7 heavy (non-hydrogen) atoms. The van der Waals surface area contributed by atoms with Gasteiger partial charge in [0.15, 0.2) is 0 Å². The van der Waals surface area contributed by atoms with Crippen LogP contribution in [0.5, 0.6) is 0 Å². The topological polar surface area (TPSA) is 18.5 Å². The Hall–Kier alpha value is 0.0938. The Morgan fingerprint density at radius 1 is 1.86 bits per heavy atom. The van der Waals surface area contributed by atoms with Crippen LogP contribution in [-0.4, -0.2) is 26.9 Å². The zero-order chi connectivity index (χ0) is 5.70. The fourth-order valence-electron chi connectivity index (χ4n) is 0.289. The molecule has 0 spiro atoms. The highest BCUT2D eigenvalue weighted by molar-refractivity contribution is 6.54. The minimum atomic E-state index is -1.35. The molecular formula is C3H10O2Si2. The molecule has 0 aliphatic heterocycles. The second-order valence-corrected chi connectivity index (χ2v) is 4.64. The van der Waals surface area contributed by atoms with Crippen molar-refractivity contribution < 1.29 is 8.54 Å². The van der Waals surface area contributed by atoms with Gasteiger partial charge in [0.2, 0.25) is 0 Å². The predicted molar refractivity (Wildman–Crippen MR) is 35.4 cm³/mol. The summed E-state index contributed by atoms with van der Waals surface area (Å²) < 4.78 is 9.87. The summed E-state index contributed by atoms with van der Waals surface area (Å²) in [5.74, 6) is 0. The molecule has 0 rings (SSSR count). The van der Waals surface area contributed by atoms with Gasteiger partial charge in [0.1, 0.15) is 10.5 Å². The maximum atomic E-state index is 4.99. The molecule has 0 amide bonds. The monoisotopic (exact) mass is 134 g/mol. The first-order chi connectivity index (χ1) is 3.35. The maximum Gasteiger partial charge on any atom is 0.336 e. The third kappa shape index (κ3) is 2.75. The molecule has 0 fully saturated rings. The fraction of sp³-hybridized carbons (Fsp3) is 0.333. The third-order valence-electron chi connectivity index (χ3n) is 0.657. The molecule has 0 aromatic heterocycles. The summed E-state index contributed by atoms with van der Waals surface area (Å²) in [5.41, 5.74) is 1.76. The van der Waals surface area contributed by atoms with Crippen LogP contribution in [0, 0.1) is 0 Å². The largest absolute Gasteiger partial charge is 0.444 e. The first-order valence-electron chi connectivity index (χ1n) is 2.03. The Bertz CT molecular complexity index is 52.9. The van der Waals surface area contributed by atoms with Crippen molar-refractivity contribution in [2.75, 3.05) is 7.11 Å². The lowest BCUT2D eigenvalue weighted by atomic mass is 11.3. The van der Waals surface area contributed by atoms with Crippen molar-refractivity contribution in [3.63, 3.8) is 0 Å². The van der Waals surface area contributed by atoms with Gasteiger partial charge in [-0.25, -0.2) is 0 Å². The predicted octanol–water partition coefficient (Wildman–Crippen LogP) is -1.12. The highest BCUT2D eigenvalue weighted by Crippen LogP contribution is 1.80. The summed E-state index contributed by atoms with van der Waals surface area (Å²) in [6.45, 7) is 3.54. The summed E-state index contributed by atoms with van der Waals surface area (Å²) in [4.78, 5) is 0. The second kappa shape index (κ2) is 4.26. The minimum absolute atomic E-state index is 0.757. The van der Waals surface area contributed by atoms with Crippen LogP contribution in [0.1, 0.15) is 0 Å². The summed E-state index contributed by atoms with van der Waals surface area (Å²) in [6, 6.07) is 0. The van der Waals surface area contributed by atoms with E-state index in [1.54, 1.807) is 12.8 Å². The van der Waals surface area contributed by atoms with Crippen molar-refractivity contribution in [3.8, 4) is 0 Å². The van der Waals surface area contributed by atoms with Crippen LogP contribution in [0.25, 0.3) is 0 Å². The highest BCUT2D eigenvalue weighted by Gasteiger charge is 1.97. The van der Waals surface area contributed by atoms with Crippen molar-refractivity contribution in [2.45, 2.75) is 0 Å². The lowest BCUT2D eigenvalue weighted by molar-refractivity contribution is 0.358. The van der Waals surface area contributed by atoms with E-state index in [9.17, 15) is 0 Å². The molecule has 0 radical (unpaired) electrons. The molecule has 1 atom stereocenters.